The van der Waals surface area contributed by atoms with Gasteiger partial charge in [-0.3, -0.25) is 4.79 Å². The molecule has 8 nitrogen and oxygen atoms in total. The summed E-state index contributed by atoms with van der Waals surface area (Å²) >= 11 is 0. The quantitative estimate of drug-likeness (QED) is 0.492. The van der Waals surface area contributed by atoms with E-state index in [1.165, 1.54) is 0 Å². The summed E-state index contributed by atoms with van der Waals surface area (Å²) in [6.45, 7) is -0.504. The molecule has 4 rings (SSSR count). The summed E-state index contributed by atoms with van der Waals surface area (Å²) in [5.74, 6) is -2.46. The molecule has 0 aromatic heterocycles. The first-order valence-corrected chi connectivity index (χ1v) is 10.4. The van der Waals surface area contributed by atoms with Crippen molar-refractivity contribution < 1.29 is 29.3 Å². The second-order valence-electron chi connectivity index (χ2n) is 7.89. The lowest BCUT2D eigenvalue weighted by Gasteiger charge is -2.18. The van der Waals surface area contributed by atoms with Crippen molar-refractivity contribution in [2.24, 2.45) is 5.92 Å². The first-order chi connectivity index (χ1) is 15.5. The van der Waals surface area contributed by atoms with Gasteiger partial charge in [0.2, 0.25) is 5.91 Å². The van der Waals surface area contributed by atoms with E-state index in [0.717, 1.165) is 22.3 Å². The van der Waals surface area contributed by atoms with Crippen LogP contribution in [0, 0.1) is 5.92 Å². The van der Waals surface area contributed by atoms with Crippen LogP contribution in [-0.2, 0) is 14.3 Å². The van der Waals surface area contributed by atoms with Crippen molar-refractivity contribution in [1.82, 2.24) is 10.6 Å². The van der Waals surface area contributed by atoms with Crippen LogP contribution in [0.25, 0.3) is 11.1 Å². The molecule has 0 radical (unpaired) electrons. The summed E-state index contributed by atoms with van der Waals surface area (Å²) in [4.78, 5) is 35.6. The molecular formula is C24H24N2O6. The van der Waals surface area contributed by atoms with Crippen molar-refractivity contribution in [2.45, 2.75) is 24.4 Å². The van der Waals surface area contributed by atoms with Gasteiger partial charge in [-0.2, -0.15) is 0 Å². The predicted octanol–water partition coefficient (Wildman–Crippen LogP) is 2.03. The zero-order valence-electron chi connectivity index (χ0n) is 17.2. The SMILES string of the molecule is O=C(NC1C=CC(C(=O)N[C@@H](CO)C(=O)O)C1)OCC1c2ccccc2-c2ccccc21. The Labute approximate surface area is 184 Å². The highest BCUT2D eigenvalue weighted by atomic mass is 16.5. The molecule has 2 aromatic carbocycles. The van der Waals surface area contributed by atoms with Gasteiger partial charge in [0, 0.05) is 5.92 Å². The molecule has 2 unspecified atom stereocenters. The number of rotatable bonds is 7. The molecule has 0 saturated heterocycles. The van der Waals surface area contributed by atoms with E-state index in [2.05, 4.69) is 22.8 Å². The normalized spacial score (nSPS) is 19.7. The number of fused-ring (bicyclic) bond motifs is 3. The van der Waals surface area contributed by atoms with Crippen molar-refractivity contribution in [3.63, 3.8) is 0 Å². The maximum atomic E-state index is 12.4. The number of nitrogens with one attached hydrogen (secondary N) is 2. The van der Waals surface area contributed by atoms with E-state index in [4.69, 9.17) is 14.9 Å². The maximum absolute atomic E-state index is 12.4. The Morgan fingerprint density at radius 1 is 1.00 bits per heavy atom. The fourth-order valence-corrected chi connectivity index (χ4v) is 4.26. The Morgan fingerprint density at radius 2 is 1.62 bits per heavy atom. The van der Waals surface area contributed by atoms with Crippen molar-refractivity contribution in [3.8, 4) is 11.1 Å². The smallest absolute Gasteiger partial charge is 0.407 e. The predicted molar refractivity (Wildman–Crippen MR) is 116 cm³/mol. The van der Waals surface area contributed by atoms with Crippen molar-refractivity contribution in [1.29, 1.82) is 0 Å². The fourth-order valence-electron chi connectivity index (χ4n) is 4.26. The van der Waals surface area contributed by atoms with Gasteiger partial charge in [0.1, 0.15) is 12.6 Å². The number of amides is 2. The number of carbonyl (C=O) groups is 3. The van der Waals surface area contributed by atoms with E-state index >= 15 is 0 Å². The number of carboxylic acid groups (broad SMARTS) is 1. The summed E-state index contributed by atoms with van der Waals surface area (Å²) in [5, 5.41) is 23.0. The molecule has 2 aliphatic rings. The number of aliphatic carboxylic acids is 1. The third-order valence-corrected chi connectivity index (χ3v) is 5.86. The number of benzene rings is 2. The number of hydrogen-bond acceptors (Lipinski definition) is 5. The lowest BCUT2D eigenvalue weighted by atomic mass is 9.98. The summed E-state index contributed by atoms with van der Waals surface area (Å²) in [6, 6.07) is 14.4. The minimum atomic E-state index is -1.36. The van der Waals surface area contributed by atoms with Gasteiger partial charge in [0.25, 0.3) is 0 Å². The largest absolute Gasteiger partial charge is 0.480 e. The molecule has 2 aliphatic carbocycles. The van der Waals surface area contributed by atoms with Crippen LogP contribution < -0.4 is 10.6 Å². The molecule has 166 valence electrons. The highest BCUT2D eigenvalue weighted by molar-refractivity contribution is 5.86. The number of alkyl carbamates (subject to hydrolysis) is 1. The number of hydrogen-bond donors (Lipinski definition) is 4. The minimum Gasteiger partial charge on any atom is -0.480 e. The van der Waals surface area contributed by atoms with Crippen LogP contribution in [0.1, 0.15) is 23.5 Å². The Balaban J connectivity index is 1.31. The molecule has 32 heavy (non-hydrogen) atoms. The zero-order valence-corrected chi connectivity index (χ0v) is 17.2. The van der Waals surface area contributed by atoms with Crippen molar-refractivity contribution in [2.75, 3.05) is 13.2 Å². The lowest BCUT2D eigenvalue weighted by molar-refractivity contribution is -0.143. The van der Waals surface area contributed by atoms with Crippen molar-refractivity contribution >= 4 is 18.0 Å². The number of aliphatic hydroxyl groups excluding tert-OH is 1. The summed E-state index contributed by atoms with van der Waals surface area (Å²) < 4.78 is 5.52. The first-order valence-electron chi connectivity index (χ1n) is 10.4. The van der Waals surface area contributed by atoms with Gasteiger partial charge < -0.3 is 25.6 Å². The molecule has 0 saturated carbocycles. The van der Waals surface area contributed by atoms with Crippen LogP contribution in [0.4, 0.5) is 4.79 Å². The van der Waals surface area contributed by atoms with E-state index in [1.54, 1.807) is 12.2 Å². The number of aliphatic hydroxyl groups is 1. The van der Waals surface area contributed by atoms with Gasteiger partial charge in [-0.25, -0.2) is 9.59 Å². The molecule has 0 heterocycles. The Morgan fingerprint density at radius 3 is 2.22 bits per heavy atom. The molecule has 0 fully saturated rings. The van der Waals surface area contributed by atoms with Gasteiger partial charge in [0.15, 0.2) is 0 Å². The van der Waals surface area contributed by atoms with E-state index in [-0.39, 0.29) is 18.9 Å². The molecule has 0 spiro atoms. The Kier molecular flexibility index (Phi) is 6.23. The second-order valence-corrected chi connectivity index (χ2v) is 7.89. The minimum absolute atomic E-state index is 0.0442. The van der Waals surface area contributed by atoms with Gasteiger partial charge >= 0.3 is 12.1 Å². The van der Waals surface area contributed by atoms with Gasteiger partial charge in [0.05, 0.1) is 18.6 Å². The van der Waals surface area contributed by atoms with Gasteiger partial charge in [-0.15, -0.1) is 0 Å². The van der Waals surface area contributed by atoms with Crippen LogP contribution in [0.2, 0.25) is 0 Å². The van der Waals surface area contributed by atoms with Crippen LogP contribution in [0.5, 0.6) is 0 Å². The van der Waals surface area contributed by atoms with Crippen molar-refractivity contribution in [3.05, 3.63) is 71.8 Å². The third-order valence-electron chi connectivity index (χ3n) is 5.86. The number of carbonyl (C=O) groups excluding carboxylic acids is 2. The van der Waals surface area contributed by atoms with Gasteiger partial charge in [-0.05, 0) is 28.7 Å². The summed E-state index contributed by atoms with van der Waals surface area (Å²) in [6.07, 6.45) is 3.00. The van der Waals surface area contributed by atoms with Crippen LogP contribution in [0.3, 0.4) is 0 Å². The first kappa shape index (κ1) is 21.6. The fraction of sp³-hybridized carbons (Fsp3) is 0.292. The molecule has 0 aliphatic heterocycles. The number of carboxylic acids is 1. The Hall–Kier alpha value is -3.65. The number of ether oxygens (including phenoxy) is 1. The highest BCUT2D eigenvalue weighted by Crippen LogP contribution is 2.44. The molecule has 0 bridgehead atoms. The maximum Gasteiger partial charge on any atom is 0.407 e. The molecule has 4 N–H and O–H groups in total. The average Bonchev–Trinajstić information content (AvgIpc) is 3.38. The van der Waals surface area contributed by atoms with Crippen LogP contribution in [0.15, 0.2) is 60.7 Å². The second kappa shape index (κ2) is 9.23. The molecule has 2 aromatic rings. The average molecular weight is 436 g/mol. The van der Waals surface area contributed by atoms with Crippen LogP contribution >= 0.6 is 0 Å². The summed E-state index contributed by atoms with van der Waals surface area (Å²) in [5.41, 5.74) is 4.53. The standard InChI is InChI=1S/C24H24N2O6/c27-12-21(23(29)30)26-22(28)14-9-10-15(11-14)25-24(31)32-13-20-18-7-3-1-5-16(18)17-6-2-4-8-19(17)20/h1-10,14-15,20-21,27H,11-13H2,(H,25,31)(H,26,28)(H,29,30)/t14?,15?,21-/m0/s1. The molecule has 8 heteroatoms. The van der Waals surface area contributed by atoms with E-state index in [0.29, 0.717) is 0 Å². The van der Waals surface area contributed by atoms with E-state index in [9.17, 15) is 14.4 Å². The molecule has 2 amide bonds. The van der Waals surface area contributed by atoms with E-state index < -0.39 is 42.6 Å². The monoisotopic (exact) mass is 436 g/mol. The lowest BCUT2D eigenvalue weighted by Crippen LogP contribution is -2.45. The topological polar surface area (TPSA) is 125 Å². The van der Waals surface area contributed by atoms with Gasteiger partial charge in [-0.1, -0.05) is 60.7 Å². The third kappa shape index (κ3) is 4.36. The molecule has 3 atom stereocenters. The van der Waals surface area contributed by atoms with Crippen LogP contribution in [-0.4, -0.2) is 53.5 Å². The highest BCUT2D eigenvalue weighted by Gasteiger charge is 2.31. The summed E-state index contributed by atoms with van der Waals surface area (Å²) in [7, 11) is 0. The Bertz CT molecular complexity index is 1020. The zero-order chi connectivity index (χ0) is 22.7. The molecular weight excluding hydrogens is 412 g/mol. The van der Waals surface area contributed by atoms with E-state index in [1.807, 2.05) is 36.4 Å².